The second-order valence-electron chi connectivity index (χ2n) is 7.04. The minimum atomic E-state index is -0.452. The van der Waals surface area contributed by atoms with Crippen molar-refractivity contribution in [2.24, 2.45) is 0 Å². The maximum atomic E-state index is 13.3. The first-order valence-corrected chi connectivity index (χ1v) is 10.2. The molecule has 31 heavy (non-hydrogen) atoms. The van der Waals surface area contributed by atoms with Crippen LogP contribution in [0.3, 0.4) is 0 Å². The van der Waals surface area contributed by atoms with Crippen LogP contribution in [0.5, 0.6) is 11.5 Å². The number of aromatic nitrogens is 4. The van der Waals surface area contributed by atoms with Crippen LogP contribution in [-0.2, 0) is 13.0 Å². The number of carbonyl (C=O) groups is 1. The molecule has 0 aliphatic heterocycles. The van der Waals surface area contributed by atoms with E-state index in [1.165, 1.54) is 23.3 Å². The maximum absolute atomic E-state index is 13.3. The smallest absolute Gasteiger partial charge is 0.351 e. The zero-order valence-electron chi connectivity index (χ0n) is 17.4. The van der Waals surface area contributed by atoms with Crippen LogP contribution in [0.15, 0.2) is 41.2 Å². The molecule has 0 fully saturated rings. The second kappa shape index (κ2) is 8.39. The predicted octanol–water partition coefficient (Wildman–Crippen LogP) is 3.55. The molecule has 0 unspecified atom stereocenters. The van der Waals surface area contributed by atoms with Crippen molar-refractivity contribution in [3.05, 3.63) is 63.3 Å². The Balaban J connectivity index is 1.97. The second-order valence-corrected chi connectivity index (χ2v) is 7.47. The van der Waals surface area contributed by atoms with Gasteiger partial charge in [0.05, 0.1) is 26.3 Å². The Hall–Kier alpha value is -3.39. The van der Waals surface area contributed by atoms with Gasteiger partial charge in [0.15, 0.2) is 28.8 Å². The first-order chi connectivity index (χ1) is 15.0. The highest BCUT2D eigenvalue weighted by molar-refractivity contribution is 6.30. The molecule has 4 aromatic rings. The summed E-state index contributed by atoms with van der Waals surface area (Å²) >= 11 is 5.92. The van der Waals surface area contributed by atoms with Crippen molar-refractivity contribution in [2.75, 3.05) is 14.2 Å². The van der Waals surface area contributed by atoms with E-state index in [0.717, 1.165) is 6.42 Å². The van der Waals surface area contributed by atoms with E-state index in [1.54, 1.807) is 36.4 Å². The molecule has 2 heterocycles. The summed E-state index contributed by atoms with van der Waals surface area (Å²) in [6.45, 7) is 1.84. The Morgan fingerprint density at radius 1 is 1.10 bits per heavy atom. The number of nitrogens with zero attached hydrogens (tertiary/aromatic N) is 4. The molecule has 0 bridgehead atoms. The lowest BCUT2D eigenvalue weighted by Crippen LogP contribution is -2.30. The van der Waals surface area contributed by atoms with Gasteiger partial charge in [-0.05, 0) is 36.8 Å². The van der Waals surface area contributed by atoms with E-state index in [2.05, 4.69) is 10.1 Å². The first kappa shape index (κ1) is 20.9. The number of ketones is 1. The summed E-state index contributed by atoms with van der Waals surface area (Å²) in [5, 5.41) is 5.54. The van der Waals surface area contributed by atoms with E-state index in [9.17, 15) is 9.59 Å². The highest BCUT2D eigenvalue weighted by Crippen LogP contribution is 2.33. The molecule has 0 saturated carbocycles. The van der Waals surface area contributed by atoms with Crippen molar-refractivity contribution < 1.29 is 14.3 Å². The number of fused-ring (bicyclic) bond motifs is 3. The van der Waals surface area contributed by atoms with Crippen LogP contribution in [0.1, 0.15) is 29.5 Å². The Labute approximate surface area is 183 Å². The standard InChI is InChI=1S/C22H21ClN4O4/c1-4-5-20-24-21-15-10-18(30-2)19(31-3)11-16(15)26(22(29)27(21)25-20)12-17(28)13-6-8-14(23)9-7-13/h6-11H,4-5,12H2,1-3H3. The van der Waals surface area contributed by atoms with Crippen LogP contribution in [0.25, 0.3) is 16.6 Å². The molecule has 0 amide bonds. The molecule has 4 rings (SSSR count). The van der Waals surface area contributed by atoms with E-state index in [4.69, 9.17) is 21.1 Å². The van der Waals surface area contributed by atoms with Crippen LogP contribution < -0.4 is 15.2 Å². The Morgan fingerprint density at radius 2 is 1.77 bits per heavy atom. The zero-order chi connectivity index (χ0) is 22.1. The van der Waals surface area contributed by atoms with Gasteiger partial charge in [0.1, 0.15) is 0 Å². The average molecular weight is 441 g/mol. The predicted molar refractivity (Wildman–Crippen MR) is 118 cm³/mol. The van der Waals surface area contributed by atoms with Gasteiger partial charge in [-0.3, -0.25) is 9.36 Å². The van der Waals surface area contributed by atoms with Gasteiger partial charge in [0.25, 0.3) is 0 Å². The summed E-state index contributed by atoms with van der Waals surface area (Å²) in [5.74, 6) is 1.27. The number of Topliss-reactive ketones (excluding diaryl/α,β-unsaturated/α-hetero) is 1. The highest BCUT2D eigenvalue weighted by Gasteiger charge is 2.20. The number of ether oxygens (including phenoxy) is 2. The largest absolute Gasteiger partial charge is 0.493 e. The molecule has 2 aromatic heterocycles. The Morgan fingerprint density at radius 3 is 2.42 bits per heavy atom. The topological polar surface area (TPSA) is 87.7 Å². The molecule has 0 aliphatic carbocycles. The monoisotopic (exact) mass is 440 g/mol. The first-order valence-electron chi connectivity index (χ1n) is 9.79. The lowest BCUT2D eigenvalue weighted by atomic mass is 10.1. The fraction of sp³-hybridized carbons (Fsp3) is 0.273. The third kappa shape index (κ3) is 3.74. The van der Waals surface area contributed by atoms with Crippen molar-refractivity contribution in [2.45, 2.75) is 26.3 Å². The lowest BCUT2D eigenvalue weighted by molar-refractivity contribution is 0.0971. The molecule has 2 aromatic carbocycles. The number of hydrogen-bond donors (Lipinski definition) is 0. The van der Waals surface area contributed by atoms with E-state index in [1.807, 2.05) is 6.92 Å². The number of benzene rings is 2. The summed E-state index contributed by atoms with van der Waals surface area (Å²) in [5.41, 5.74) is 0.926. The van der Waals surface area contributed by atoms with Crippen molar-refractivity contribution in [1.29, 1.82) is 0 Å². The maximum Gasteiger partial charge on any atom is 0.351 e. The van der Waals surface area contributed by atoms with Gasteiger partial charge in [-0.15, -0.1) is 5.10 Å². The fourth-order valence-electron chi connectivity index (χ4n) is 3.50. The van der Waals surface area contributed by atoms with Gasteiger partial charge >= 0.3 is 5.69 Å². The van der Waals surface area contributed by atoms with Gasteiger partial charge in [0, 0.05) is 28.5 Å². The van der Waals surface area contributed by atoms with Gasteiger partial charge in [-0.25, -0.2) is 9.78 Å². The van der Waals surface area contributed by atoms with Crippen molar-refractivity contribution in [3.8, 4) is 11.5 Å². The summed E-state index contributed by atoms with van der Waals surface area (Å²) in [7, 11) is 3.05. The van der Waals surface area contributed by atoms with Crippen molar-refractivity contribution in [1.82, 2.24) is 19.2 Å². The molecule has 160 valence electrons. The van der Waals surface area contributed by atoms with Gasteiger partial charge in [0.2, 0.25) is 0 Å². The molecule has 0 aliphatic rings. The number of hydrogen-bond acceptors (Lipinski definition) is 6. The molecular weight excluding hydrogens is 420 g/mol. The van der Waals surface area contributed by atoms with Crippen molar-refractivity contribution in [3.63, 3.8) is 0 Å². The number of rotatable bonds is 7. The number of halogens is 1. The van der Waals surface area contributed by atoms with E-state index in [-0.39, 0.29) is 12.3 Å². The minimum absolute atomic E-state index is 0.175. The molecular formula is C22H21ClN4O4. The summed E-state index contributed by atoms with van der Waals surface area (Å²) < 4.78 is 13.5. The quantitative estimate of drug-likeness (QED) is 0.408. The van der Waals surface area contributed by atoms with E-state index in [0.29, 0.717) is 50.9 Å². The zero-order valence-corrected chi connectivity index (χ0v) is 18.1. The molecule has 0 N–H and O–H groups in total. The van der Waals surface area contributed by atoms with Crippen LogP contribution in [-0.4, -0.2) is 39.2 Å². The summed E-state index contributed by atoms with van der Waals surface area (Å²) in [6, 6.07) is 9.97. The van der Waals surface area contributed by atoms with Gasteiger partial charge in [-0.1, -0.05) is 18.5 Å². The normalized spacial score (nSPS) is 11.2. The SMILES string of the molecule is CCCc1nc2c3cc(OC)c(OC)cc3n(CC(=O)c3ccc(Cl)cc3)c(=O)n2n1. The Bertz CT molecular complexity index is 1340. The highest BCUT2D eigenvalue weighted by atomic mass is 35.5. The lowest BCUT2D eigenvalue weighted by Gasteiger charge is -2.14. The average Bonchev–Trinajstić information content (AvgIpc) is 3.20. The van der Waals surface area contributed by atoms with Gasteiger partial charge in [-0.2, -0.15) is 4.52 Å². The Kier molecular flexibility index (Phi) is 5.65. The molecule has 0 saturated heterocycles. The molecule has 0 spiro atoms. The molecule has 9 heteroatoms. The number of aryl methyl sites for hydroxylation is 1. The summed E-state index contributed by atoms with van der Waals surface area (Å²) in [6.07, 6.45) is 1.48. The number of methoxy groups -OCH3 is 2. The van der Waals surface area contributed by atoms with Crippen molar-refractivity contribution >= 4 is 33.9 Å². The van der Waals surface area contributed by atoms with Crippen LogP contribution in [0.2, 0.25) is 5.02 Å². The number of carbonyl (C=O) groups excluding carboxylic acids is 1. The van der Waals surface area contributed by atoms with Crippen LogP contribution >= 0.6 is 11.6 Å². The third-order valence-corrected chi connectivity index (χ3v) is 5.29. The van der Waals surface area contributed by atoms with E-state index >= 15 is 0 Å². The minimum Gasteiger partial charge on any atom is -0.493 e. The summed E-state index contributed by atoms with van der Waals surface area (Å²) in [4.78, 5) is 30.8. The van der Waals surface area contributed by atoms with E-state index < -0.39 is 5.69 Å². The molecule has 8 nitrogen and oxygen atoms in total. The van der Waals surface area contributed by atoms with Gasteiger partial charge < -0.3 is 9.47 Å². The van der Waals surface area contributed by atoms with Crippen LogP contribution in [0, 0.1) is 0 Å². The molecule has 0 radical (unpaired) electrons. The fourth-order valence-corrected chi connectivity index (χ4v) is 3.63. The van der Waals surface area contributed by atoms with Crippen LogP contribution in [0.4, 0.5) is 0 Å². The molecule has 0 atom stereocenters. The third-order valence-electron chi connectivity index (χ3n) is 5.04.